The van der Waals surface area contributed by atoms with Gasteiger partial charge in [-0.25, -0.2) is 0 Å². The minimum atomic E-state index is -0.878. The minimum absolute atomic E-state index is 0.390. The van der Waals surface area contributed by atoms with Crippen LogP contribution in [-0.2, 0) is 17.8 Å². The Kier molecular flexibility index (Phi) is 3.67. The number of benzene rings is 2. The summed E-state index contributed by atoms with van der Waals surface area (Å²) in [5.74, 6) is 1.26. The minimum Gasteiger partial charge on any atom is -0.457 e. The molecule has 0 aromatic heterocycles. The van der Waals surface area contributed by atoms with Crippen molar-refractivity contribution in [2.45, 2.75) is 13.2 Å². The van der Waals surface area contributed by atoms with Crippen molar-refractivity contribution in [2.24, 2.45) is 5.73 Å². The van der Waals surface area contributed by atoms with Gasteiger partial charge in [0.15, 0.2) is 0 Å². The lowest BCUT2D eigenvalue weighted by molar-refractivity contribution is 0.275. The molecule has 0 aliphatic carbocycles. The van der Waals surface area contributed by atoms with E-state index in [2.05, 4.69) is 0 Å². The largest absolute Gasteiger partial charge is 0.491 e. The molecule has 1 heterocycles. The van der Waals surface area contributed by atoms with Gasteiger partial charge in [0, 0.05) is 11.6 Å². The highest BCUT2D eigenvalue weighted by molar-refractivity contribution is 6.61. The summed E-state index contributed by atoms with van der Waals surface area (Å²) in [6.07, 6.45) is 0. The van der Waals surface area contributed by atoms with Crippen molar-refractivity contribution >= 4 is 24.2 Å². The van der Waals surface area contributed by atoms with Crippen LogP contribution in [0, 0.1) is 0 Å². The predicted octanol–water partition coefficient (Wildman–Crippen LogP) is 1.81. The summed E-state index contributed by atoms with van der Waals surface area (Å²) in [6.45, 7) is 0.815. The zero-order valence-corrected chi connectivity index (χ0v) is 11.4. The Morgan fingerprint density at radius 2 is 2.00 bits per heavy atom. The van der Waals surface area contributed by atoms with Crippen LogP contribution in [-0.4, -0.2) is 12.1 Å². The van der Waals surface area contributed by atoms with E-state index < -0.39 is 7.12 Å². The molecule has 2 aromatic rings. The molecule has 102 valence electrons. The van der Waals surface area contributed by atoms with E-state index in [1.54, 1.807) is 12.1 Å². The van der Waals surface area contributed by atoms with Crippen molar-refractivity contribution in [3.8, 4) is 11.5 Å². The maximum atomic E-state index is 9.67. The number of halogens is 1. The molecule has 2 aromatic carbocycles. The van der Waals surface area contributed by atoms with Gasteiger partial charge < -0.3 is 20.1 Å². The number of rotatable bonds is 3. The van der Waals surface area contributed by atoms with E-state index in [9.17, 15) is 5.02 Å². The first kappa shape index (κ1) is 13.5. The number of hydrogen-bond acceptors (Lipinski definition) is 4. The van der Waals surface area contributed by atoms with E-state index in [1.165, 1.54) is 0 Å². The molecule has 0 atom stereocenters. The number of nitrogens with two attached hydrogens (primary N) is 1. The maximum Gasteiger partial charge on any atom is 0.491 e. The van der Waals surface area contributed by atoms with Crippen molar-refractivity contribution in [3.05, 3.63) is 52.5 Å². The molecule has 3 rings (SSSR count). The molecule has 0 amide bonds. The van der Waals surface area contributed by atoms with Gasteiger partial charge in [-0.2, -0.15) is 0 Å². The summed E-state index contributed by atoms with van der Waals surface area (Å²) in [4.78, 5) is 0. The first-order valence-corrected chi connectivity index (χ1v) is 6.64. The van der Waals surface area contributed by atoms with Crippen LogP contribution in [0.1, 0.15) is 11.1 Å². The molecule has 0 spiro atoms. The molecule has 6 heteroatoms. The lowest BCUT2D eigenvalue weighted by atomic mass is 9.79. The second-order valence-corrected chi connectivity index (χ2v) is 4.99. The summed E-state index contributed by atoms with van der Waals surface area (Å²) in [6, 6.07) is 10.9. The molecular formula is C14H13BClNO3. The van der Waals surface area contributed by atoms with Crippen LogP contribution in [0.4, 0.5) is 0 Å². The average molecular weight is 290 g/mol. The molecule has 20 heavy (non-hydrogen) atoms. The monoisotopic (exact) mass is 289 g/mol. The fraction of sp³-hybridized carbons (Fsp3) is 0.143. The highest BCUT2D eigenvalue weighted by Gasteiger charge is 2.27. The number of hydrogen-bond donors (Lipinski definition) is 2. The van der Waals surface area contributed by atoms with Crippen LogP contribution in [0.15, 0.2) is 36.4 Å². The molecule has 1 aliphatic rings. The Hall–Kier alpha value is -1.53. The van der Waals surface area contributed by atoms with E-state index in [0.29, 0.717) is 29.7 Å². The zero-order valence-electron chi connectivity index (χ0n) is 10.7. The molecule has 0 unspecified atom stereocenters. The molecule has 1 aliphatic heterocycles. The summed E-state index contributed by atoms with van der Waals surface area (Å²) in [5.41, 5.74) is 8.15. The van der Waals surface area contributed by atoms with Gasteiger partial charge in [0.25, 0.3) is 0 Å². The summed E-state index contributed by atoms with van der Waals surface area (Å²) in [7, 11) is -0.878. The van der Waals surface area contributed by atoms with Gasteiger partial charge in [0.05, 0.1) is 6.61 Å². The number of ether oxygens (including phenoxy) is 1. The Balaban J connectivity index is 1.85. The first-order chi connectivity index (χ1) is 9.67. The van der Waals surface area contributed by atoms with Crippen LogP contribution in [0.2, 0.25) is 5.02 Å². The Morgan fingerprint density at radius 1 is 1.25 bits per heavy atom. The van der Waals surface area contributed by atoms with Crippen LogP contribution >= 0.6 is 11.6 Å². The second kappa shape index (κ2) is 5.46. The zero-order chi connectivity index (χ0) is 14.1. The third-order valence-electron chi connectivity index (χ3n) is 3.26. The van der Waals surface area contributed by atoms with Crippen LogP contribution in [0.25, 0.3) is 0 Å². The van der Waals surface area contributed by atoms with Gasteiger partial charge >= 0.3 is 7.12 Å². The highest BCUT2D eigenvalue weighted by atomic mass is 35.5. The van der Waals surface area contributed by atoms with Crippen molar-refractivity contribution < 1.29 is 14.4 Å². The van der Waals surface area contributed by atoms with E-state index in [0.717, 1.165) is 16.6 Å². The molecule has 4 nitrogen and oxygen atoms in total. The standard InChI is InChI=1S/C14H13BClNO3/c16-14-6-12(3-1-9(14)7-17)20-11-4-2-10-8-19-15(18)13(10)5-11/h1-6,18H,7-8,17H2. The van der Waals surface area contributed by atoms with E-state index >= 15 is 0 Å². The fourth-order valence-corrected chi connectivity index (χ4v) is 2.40. The van der Waals surface area contributed by atoms with Crippen molar-refractivity contribution in [1.82, 2.24) is 0 Å². The van der Waals surface area contributed by atoms with Gasteiger partial charge in [0.2, 0.25) is 0 Å². The third kappa shape index (κ3) is 2.53. The molecule has 0 fully saturated rings. The predicted molar refractivity (Wildman–Crippen MR) is 78.3 cm³/mol. The van der Waals surface area contributed by atoms with E-state index in [-0.39, 0.29) is 0 Å². The van der Waals surface area contributed by atoms with Crippen LogP contribution in [0.5, 0.6) is 11.5 Å². The molecule has 0 saturated carbocycles. The lowest BCUT2D eigenvalue weighted by Crippen LogP contribution is -2.27. The molecule has 3 N–H and O–H groups in total. The first-order valence-electron chi connectivity index (χ1n) is 6.26. The second-order valence-electron chi connectivity index (χ2n) is 4.58. The Morgan fingerprint density at radius 3 is 2.75 bits per heavy atom. The normalized spacial score (nSPS) is 13.4. The lowest BCUT2D eigenvalue weighted by Gasteiger charge is -2.09. The van der Waals surface area contributed by atoms with Crippen molar-refractivity contribution in [1.29, 1.82) is 0 Å². The van der Waals surface area contributed by atoms with Gasteiger partial charge in [-0.1, -0.05) is 23.7 Å². The summed E-state index contributed by atoms with van der Waals surface area (Å²) >= 11 is 6.09. The number of fused-ring (bicyclic) bond motifs is 1. The molecule has 0 bridgehead atoms. The van der Waals surface area contributed by atoms with Gasteiger partial charge in [-0.05, 0) is 40.9 Å². The molecule has 0 radical (unpaired) electrons. The molecule has 0 saturated heterocycles. The van der Waals surface area contributed by atoms with Crippen LogP contribution in [0.3, 0.4) is 0 Å². The van der Waals surface area contributed by atoms with Gasteiger partial charge in [-0.3, -0.25) is 0 Å². The smallest absolute Gasteiger partial charge is 0.457 e. The van der Waals surface area contributed by atoms with E-state index in [1.807, 2.05) is 24.3 Å². The quantitative estimate of drug-likeness (QED) is 0.846. The van der Waals surface area contributed by atoms with Gasteiger partial charge in [-0.15, -0.1) is 0 Å². The fourth-order valence-electron chi connectivity index (χ4n) is 2.15. The van der Waals surface area contributed by atoms with Crippen molar-refractivity contribution in [3.63, 3.8) is 0 Å². The van der Waals surface area contributed by atoms with E-state index in [4.69, 9.17) is 26.7 Å². The topological polar surface area (TPSA) is 64.7 Å². The summed E-state index contributed by atoms with van der Waals surface area (Å²) < 4.78 is 10.9. The third-order valence-corrected chi connectivity index (χ3v) is 3.61. The molecular weight excluding hydrogens is 276 g/mol. The van der Waals surface area contributed by atoms with Crippen LogP contribution < -0.4 is 15.9 Å². The van der Waals surface area contributed by atoms with Crippen molar-refractivity contribution in [2.75, 3.05) is 0 Å². The SMILES string of the molecule is NCc1ccc(Oc2ccc3c(c2)B(O)OC3)cc1Cl. The Bertz CT molecular complexity index is 650. The highest BCUT2D eigenvalue weighted by Crippen LogP contribution is 2.27. The Labute approximate surface area is 122 Å². The van der Waals surface area contributed by atoms with Gasteiger partial charge in [0.1, 0.15) is 11.5 Å². The maximum absolute atomic E-state index is 9.67. The average Bonchev–Trinajstić information content (AvgIpc) is 2.81. The summed E-state index contributed by atoms with van der Waals surface area (Å²) in [5, 5.41) is 10.2.